The second-order valence-electron chi connectivity index (χ2n) is 5.53. The van der Waals surface area contributed by atoms with Gasteiger partial charge in [0.1, 0.15) is 5.15 Å². The smallest absolute Gasteiger partial charge is 0.130 e. The quantitative estimate of drug-likeness (QED) is 0.718. The highest BCUT2D eigenvalue weighted by Gasteiger charge is 2.24. The molecule has 0 aromatic carbocycles. The van der Waals surface area contributed by atoms with Crippen LogP contribution in [-0.2, 0) is 18.2 Å². The molecule has 0 amide bonds. The lowest BCUT2D eigenvalue weighted by atomic mass is 9.98. The van der Waals surface area contributed by atoms with Crippen LogP contribution >= 0.6 is 11.6 Å². The van der Waals surface area contributed by atoms with Crippen molar-refractivity contribution in [2.75, 3.05) is 13.2 Å². The van der Waals surface area contributed by atoms with Crippen molar-refractivity contribution in [3.63, 3.8) is 0 Å². The Morgan fingerprint density at radius 3 is 2.48 bits per heavy atom. The summed E-state index contributed by atoms with van der Waals surface area (Å²) in [6.07, 6.45) is 4.38. The standard InChI is InChI=1S/C16H30ClN3O/c1-6-9-15(21-8-3)14(18-10-7-2)11-13-12(4)19-20(5)16(13)17/h14-15,18H,6-11H2,1-5H3. The first kappa shape index (κ1) is 18.5. The molecule has 1 rings (SSSR count). The summed E-state index contributed by atoms with van der Waals surface area (Å²) in [4.78, 5) is 0. The van der Waals surface area contributed by atoms with Gasteiger partial charge in [-0.05, 0) is 39.7 Å². The van der Waals surface area contributed by atoms with Crippen molar-refractivity contribution < 1.29 is 4.74 Å². The van der Waals surface area contributed by atoms with Gasteiger partial charge in [-0.15, -0.1) is 0 Å². The van der Waals surface area contributed by atoms with E-state index in [1.807, 2.05) is 14.0 Å². The Labute approximate surface area is 134 Å². The van der Waals surface area contributed by atoms with Gasteiger partial charge in [-0.3, -0.25) is 4.68 Å². The Hall–Kier alpha value is -0.580. The fraction of sp³-hybridized carbons (Fsp3) is 0.812. The van der Waals surface area contributed by atoms with E-state index in [2.05, 4.69) is 31.2 Å². The maximum Gasteiger partial charge on any atom is 0.130 e. The second kappa shape index (κ2) is 9.44. The van der Waals surface area contributed by atoms with Gasteiger partial charge in [0.05, 0.1) is 11.8 Å². The number of nitrogens with one attached hydrogen (secondary N) is 1. The average Bonchev–Trinajstić information content (AvgIpc) is 2.69. The Balaban J connectivity index is 2.89. The predicted molar refractivity (Wildman–Crippen MR) is 89.1 cm³/mol. The Kier molecular flexibility index (Phi) is 8.30. The largest absolute Gasteiger partial charge is 0.377 e. The van der Waals surface area contributed by atoms with Crippen LogP contribution in [0.5, 0.6) is 0 Å². The van der Waals surface area contributed by atoms with E-state index in [1.54, 1.807) is 4.68 Å². The van der Waals surface area contributed by atoms with Gasteiger partial charge in [0.2, 0.25) is 0 Å². The lowest BCUT2D eigenvalue weighted by Gasteiger charge is -2.28. The summed E-state index contributed by atoms with van der Waals surface area (Å²) in [5.74, 6) is 0. The number of nitrogens with zero attached hydrogens (tertiary/aromatic N) is 2. The third kappa shape index (κ3) is 5.28. The predicted octanol–water partition coefficient (Wildman–Crippen LogP) is 3.50. The van der Waals surface area contributed by atoms with Crippen molar-refractivity contribution >= 4 is 11.6 Å². The van der Waals surface area contributed by atoms with Gasteiger partial charge in [0.25, 0.3) is 0 Å². The van der Waals surface area contributed by atoms with E-state index in [0.717, 1.165) is 55.2 Å². The summed E-state index contributed by atoms with van der Waals surface area (Å²) < 4.78 is 7.72. The molecule has 1 aromatic heterocycles. The zero-order valence-corrected chi connectivity index (χ0v) is 14.8. The minimum absolute atomic E-state index is 0.224. The molecule has 21 heavy (non-hydrogen) atoms. The summed E-state index contributed by atoms with van der Waals surface area (Å²) in [7, 11) is 1.89. The van der Waals surface area contributed by atoms with Gasteiger partial charge in [-0.25, -0.2) is 0 Å². The molecule has 0 saturated heterocycles. The minimum Gasteiger partial charge on any atom is -0.377 e. The average molecular weight is 316 g/mol. The molecule has 0 radical (unpaired) electrons. The van der Waals surface area contributed by atoms with E-state index in [1.165, 1.54) is 0 Å². The van der Waals surface area contributed by atoms with Crippen molar-refractivity contribution in [2.24, 2.45) is 7.05 Å². The molecule has 0 aliphatic heterocycles. The summed E-state index contributed by atoms with van der Waals surface area (Å²) in [6.45, 7) is 10.2. The summed E-state index contributed by atoms with van der Waals surface area (Å²) >= 11 is 6.38. The Bertz CT molecular complexity index is 414. The summed E-state index contributed by atoms with van der Waals surface area (Å²) in [6, 6.07) is 0.283. The molecule has 0 saturated carbocycles. The molecule has 0 aliphatic carbocycles. The third-order valence-corrected chi connectivity index (χ3v) is 4.23. The molecule has 2 unspecified atom stereocenters. The van der Waals surface area contributed by atoms with Crippen molar-refractivity contribution in [1.29, 1.82) is 0 Å². The lowest BCUT2D eigenvalue weighted by molar-refractivity contribution is 0.0281. The van der Waals surface area contributed by atoms with E-state index >= 15 is 0 Å². The van der Waals surface area contributed by atoms with Crippen LogP contribution in [0.15, 0.2) is 0 Å². The second-order valence-corrected chi connectivity index (χ2v) is 5.88. The van der Waals surface area contributed by atoms with Crippen LogP contribution in [0.4, 0.5) is 0 Å². The third-order valence-electron chi connectivity index (χ3n) is 3.75. The molecule has 5 heteroatoms. The van der Waals surface area contributed by atoms with Crippen LogP contribution in [0.3, 0.4) is 0 Å². The monoisotopic (exact) mass is 315 g/mol. The number of hydrogen-bond acceptors (Lipinski definition) is 3. The van der Waals surface area contributed by atoms with E-state index in [4.69, 9.17) is 16.3 Å². The van der Waals surface area contributed by atoms with Gasteiger partial charge in [-0.1, -0.05) is 31.9 Å². The van der Waals surface area contributed by atoms with E-state index < -0.39 is 0 Å². The molecule has 0 fully saturated rings. The number of aromatic nitrogens is 2. The molecule has 0 aliphatic rings. The molecule has 122 valence electrons. The van der Waals surface area contributed by atoms with Crippen LogP contribution in [0.25, 0.3) is 0 Å². The number of hydrogen-bond donors (Lipinski definition) is 1. The van der Waals surface area contributed by atoms with Gasteiger partial charge >= 0.3 is 0 Å². The summed E-state index contributed by atoms with van der Waals surface area (Å²) in [5, 5.41) is 8.78. The van der Waals surface area contributed by atoms with Crippen molar-refractivity contribution in [3.8, 4) is 0 Å². The topological polar surface area (TPSA) is 39.1 Å². The molecule has 1 aromatic rings. The van der Waals surface area contributed by atoms with Gasteiger partial charge < -0.3 is 10.1 Å². The number of rotatable bonds is 10. The molecule has 0 spiro atoms. The Morgan fingerprint density at radius 1 is 1.29 bits per heavy atom. The highest BCUT2D eigenvalue weighted by molar-refractivity contribution is 6.30. The maximum absolute atomic E-state index is 6.38. The van der Waals surface area contributed by atoms with Crippen LogP contribution in [0.1, 0.15) is 51.3 Å². The number of aryl methyl sites for hydroxylation is 2. The molecule has 0 bridgehead atoms. The highest BCUT2D eigenvalue weighted by atomic mass is 35.5. The fourth-order valence-electron chi connectivity index (χ4n) is 2.69. The van der Waals surface area contributed by atoms with E-state index in [9.17, 15) is 0 Å². The molecule has 2 atom stereocenters. The van der Waals surface area contributed by atoms with Crippen LogP contribution < -0.4 is 5.32 Å². The molecular formula is C16H30ClN3O. The van der Waals surface area contributed by atoms with Crippen LogP contribution in [0.2, 0.25) is 5.15 Å². The molecular weight excluding hydrogens is 286 g/mol. The SMILES string of the molecule is CCCNC(Cc1c(C)nn(C)c1Cl)C(CCC)OCC. The van der Waals surface area contributed by atoms with E-state index in [0.29, 0.717) is 0 Å². The van der Waals surface area contributed by atoms with Crippen LogP contribution in [-0.4, -0.2) is 35.1 Å². The first-order valence-corrected chi connectivity index (χ1v) is 8.45. The first-order chi connectivity index (χ1) is 10.0. The van der Waals surface area contributed by atoms with Gasteiger partial charge in [0, 0.05) is 25.3 Å². The minimum atomic E-state index is 0.224. The zero-order chi connectivity index (χ0) is 15.8. The molecule has 4 nitrogen and oxygen atoms in total. The zero-order valence-electron chi connectivity index (χ0n) is 14.1. The van der Waals surface area contributed by atoms with Crippen LogP contribution in [0, 0.1) is 6.92 Å². The van der Waals surface area contributed by atoms with E-state index in [-0.39, 0.29) is 12.1 Å². The lowest BCUT2D eigenvalue weighted by Crippen LogP contribution is -2.43. The number of halogens is 1. The highest BCUT2D eigenvalue weighted by Crippen LogP contribution is 2.22. The first-order valence-electron chi connectivity index (χ1n) is 8.07. The maximum atomic E-state index is 6.38. The molecule has 1 heterocycles. The fourth-order valence-corrected chi connectivity index (χ4v) is 2.94. The van der Waals surface area contributed by atoms with Crippen molar-refractivity contribution in [1.82, 2.24) is 15.1 Å². The Morgan fingerprint density at radius 2 is 2.00 bits per heavy atom. The van der Waals surface area contributed by atoms with Crippen molar-refractivity contribution in [3.05, 3.63) is 16.4 Å². The van der Waals surface area contributed by atoms with Gasteiger partial charge in [0.15, 0.2) is 0 Å². The summed E-state index contributed by atoms with van der Waals surface area (Å²) in [5.41, 5.74) is 2.14. The molecule has 1 N–H and O–H groups in total. The van der Waals surface area contributed by atoms with Gasteiger partial charge in [-0.2, -0.15) is 5.10 Å². The normalized spacial score (nSPS) is 14.4. The number of ether oxygens (including phenoxy) is 1. The van der Waals surface area contributed by atoms with Crippen molar-refractivity contribution in [2.45, 2.75) is 65.5 Å².